The molecule has 0 aromatic heterocycles. The van der Waals surface area contributed by atoms with Gasteiger partial charge in [0.25, 0.3) is 0 Å². The molecule has 16 heavy (non-hydrogen) atoms. The maximum atomic E-state index is 2.44. The SMILES string of the molecule is CCCSCS(CSC)(CSCC)C(C)C. The molecule has 1 atom stereocenters. The second kappa shape index (κ2) is 10.3. The molecule has 0 aromatic rings. The van der Waals surface area contributed by atoms with Crippen LogP contribution in [-0.2, 0) is 0 Å². The zero-order valence-corrected chi connectivity index (χ0v) is 14.7. The summed E-state index contributed by atoms with van der Waals surface area (Å²) >= 11 is 6.40. The van der Waals surface area contributed by atoms with Gasteiger partial charge in [-0.05, 0) is 29.4 Å². The van der Waals surface area contributed by atoms with E-state index in [1.165, 1.54) is 33.2 Å². The molecular weight excluding hydrogens is 272 g/mol. The molecule has 0 bridgehead atoms. The summed E-state index contributed by atoms with van der Waals surface area (Å²) in [5.41, 5.74) is 0. The highest BCUT2D eigenvalue weighted by Gasteiger charge is 2.27. The Morgan fingerprint density at radius 3 is 2.06 bits per heavy atom. The van der Waals surface area contributed by atoms with Crippen molar-refractivity contribution in [2.75, 3.05) is 33.0 Å². The van der Waals surface area contributed by atoms with Crippen LogP contribution in [0.4, 0.5) is 0 Å². The third kappa shape index (κ3) is 6.36. The van der Waals surface area contributed by atoms with Gasteiger partial charge in [-0.25, -0.2) is 10.0 Å². The first kappa shape index (κ1) is 17.4. The minimum absolute atomic E-state index is 0.409. The summed E-state index contributed by atoms with van der Waals surface area (Å²) in [6.07, 6.45) is 3.59. The van der Waals surface area contributed by atoms with E-state index in [-0.39, 0.29) is 0 Å². The van der Waals surface area contributed by atoms with Gasteiger partial charge in [-0.15, -0.1) is 0 Å². The zero-order valence-electron chi connectivity index (χ0n) is 11.5. The lowest BCUT2D eigenvalue weighted by molar-refractivity contribution is 1.09. The van der Waals surface area contributed by atoms with E-state index in [2.05, 4.69) is 69.2 Å². The van der Waals surface area contributed by atoms with Crippen LogP contribution >= 0.6 is 45.3 Å². The number of rotatable bonds is 10. The molecule has 100 valence electrons. The highest BCUT2D eigenvalue weighted by Crippen LogP contribution is 2.58. The molecule has 0 nitrogen and oxygen atoms in total. The largest absolute Gasteiger partial charge is 0.211 e. The molecule has 0 amide bonds. The summed E-state index contributed by atoms with van der Waals surface area (Å²) in [5.74, 6) is 2.61. The smallest absolute Gasteiger partial charge is 0.0251 e. The van der Waals surface area contributed by atoms with Crippen molar-refractivity contribution in [2.45, 2.75) is 39.4 Å². The van der Waals surface area contributed by atoms with E-state index in [1.807, 2.05) is 0 Å². The van der Waals surface area contributed by atoms with Crippen LogP contribution in [0.3, 0.4) is 0 Å². The molecule has 0 saturated carbocycles. The van der Waals surface area contributed by atoms with Crippen molar-refractivity contribution < 1.29 is 0 Å². The van der Waals surface area contributed by atoms with E-state index >= 15 is 0 Å². The van der Waals surface area contributed by atoms with Crippen LogP contribution < -0.4 is 0 Å². The number of hydrogen-bond acceptors (Lipinski definition) is 3. The predicted octanol–water partition coefficient (Wildman–Crippen LogP) is 5.33. The van der Waals surface area contributed by atoms with E-state index in [1.54, 1.807) is 0 Å². The molecule has 0 aromatic carbocycles. The van der Waals surface area contributed by atoms with Crippen molar-refractivity contribution in [3.63, 3.8) is 0 Å². The maximum absolute atomic E-state index is 2.44. The van der Waals surface area contributed by atoms with Gasteiger partial charge in [0.2, 0.25) is 0 Å². The van der Waals surface area contributed by atoms with Crippen LogP contribution in [0.5, 0.6) is 0 Å². The highest BCUT2D eigenvalue weighted by atomic mass is 32.3. The Morgan fingerprint density at radius 1 is 1.00 bits per heavy atom. The van der Waals surface area contributed by atoms with Crippen molar-refractivity contribution in [1.29, 1.82) is 0 Å². The molecule has 4 heteroatoms. The fraction of sp³-hybridized carbons (Fsp3) is 1.00. The minimum atomic E-state index is -0.409. The lowest BCUT2D eigenvalue weighted by Crippen LogP contribution is -2.19. The molecule has 0 aliphatic carbocycles. The monoisotopic (exact) mass is 300 g/mol. The summed E-state index contributed by atoms with van der Waals surface area (Å²) in [6.45, 7) is 9.45. The van der Waals surface area contributed by atoms with Gasteiger partial charge in [0.1, 0.15) is 0 Å². The lowest BCUT2D eigenvalue weighted by Gasteiger charge is -2.43. The van der Waals surface area contributed by atoms with E-state index < -0.39 is 10.0 Å². The quantitative estimate of drug-likeness (QED) is 0.500. The van der Waals surface area contributed by atoms with E-state index in [0.29, 0.717) is 0 Å². The molecule has 0 fully saturated rings. The second-order valence-corrected chi connectivity index (χ2v) is 12.6. The third-order valence-electron chi connectivity index (χ3n) is 2.54. The Kier molecular flexibility index (Phi) is 11.2. The van der Waals surface area contributed by atoms with Crippen molar-refractivity contribution >= 4 is 45.3 Å². The molecule has 1 unspecified atom stereocenters. The van der Waals surface area contributed by atoms with Gasteiger partial charge in [-0.1, -0.05) is 27.7 Å². The van der Waals surface area contributed by atoms with Gasteiger partial charge in [0.15, 0.2) is 0 Å². The van der Waals surface area contributed by atoms with Crippen molar-refractivity contribution in [2.24, 2.45) is 0 Å². The summed E-state index contributed by atoms with van der Waals surface area (Å²) in [4.78, 5) is 0. The first-order chi connectivity index (χ1) is 7.63. The first-order valence-electron chi connectivity index (χ1n) is 6.02. The van der Waals surface area contributed by atoms with Crippen LogP contribution in [0.15, 0.2) is 0 Å². The molecule has 0 rings (SSSR count). The highest BCUT2D eigenvalue weighted by molar-refractivity contribution is 8.48. The average Bonchev–Trinajstić information content (AvgIpc) is 2.26. The Morgan fingerprint density at radius 2 is 1.62 bits per heavy atom. The van der Waals surface area contributed by atoms with E-state index in [9.17, 15) is 0 Å². The van der Waals surface area contributed by atoms with Crippen LogP contribution in [0.2, 0.25) is 0 Å². The van der Waals surface area contributed by atoms with Gasteiger partial charge in [0.05, 0.1) is 0 Å². The van der Waals surface area contributed by atoms with Gasteiger partial charge in [-0.2, -0.15) is 35.3 Å². The Hall–Kier alpha value is 1.40. The third-order valence-corrected chi connectivity index (χ3v) is 13.6. The standard InChI is InChI=1S/C12H28S4/c1-6-8-15-11-16(9-13-5,12(3)4)10-14-7-2/h12H,6-11H2,1-5H3. The second-order valence-electron chi connectivity index (χ2n) is 4.20. The summed E-state index contributed by atoms with van der Waals surface area (Å²) in [6, 6.07) is 0. The molecule has 0 radical (unpaired) electrons. The fourth-order valence-electron chi connectivity index (χ4n) is 1.36. The van der Waals surface area contributed by atoms with Crippen LogP contribution in [0, 0.1) is 0 Å². The number of hydrogen-bond donors (Lipinski definition) is 0. The fourth-order valence-corrected chi connectivity index (χ4v) is 13.2. The van der Waals surface area contributed by atoms with Gasteiger partial charge >= 0.3 is 0 Å². The van der Waals surface area contributed by atoms with Gasteiger partial charge in [-0.3, -0.25) is 0 Å². The summed E-state index contributed by atoms with van der Waals surface area (Å²) in [5, 5.41) is 5.11. The van der Waals surface area contributed by atoms with Crippen LogP contribution in [0.1, 0.15) is 34.1 Å². The molecule has 0 spiro atoms. The molecule has 0 N–H and O–H groups in total. The molecule has 0 saturated heterocycles. The molecule has 0 heterocycles. The van der Waals surface area contributed by atoms with Crippen LogP contribution in [0.25, 0.3) is 0 Å². The number of thioether (sulfide) groups is 3. The Bertz CT molecular complexity index is 161. The van der Waals surface area contributed by atoms with Crippen molar-refractivity contribution in [3.8, 4) is 0 Å². The summed E-state index contributed by atoms with van der Waals surface area (Å²) < 4.78 is 0. The maximum Gasteiger partial charge on any atom is 0.0251 e. The Balaban J connectivity index is 4.38. The first-order valence-corrected chi connectivity index (χ1v) is 11.9. The molecule has 0 aliphatic rings. The predicted molar refractivity (Wildman–Crippen MR) is 91.7 cm³/mol. The van der Waals surface area contributed by atoms with E-state index in [4.69, 9.17) is 0 Å². The normalized spacial score (nSPS) is 17.4. The lowest BCUT2D eigenvalue weighted by atomic mass is 10.6. The minimum Gasteiger partial charge on any atom is -0.211 e. The zero-order chi connectivity index (χ0) is 12.4. The molecular formula is C12H28S4. The van der Waals surface area contributed by atoms with Crippen LogP contribution in [-0.4, -0.2) is 38.3 Å². The van der Waals surface area contributed by atoms with Gasteiger partial charge < -0.3 is 0 Å². The Labute approximate surface area is 117 Å². The van der Waals surface area contributed by atoms with E-state index in [0.717, 1.165) is 5.25 Å². The van der Waals surface area contributed by atoms with Gasteiger partial charge in [0, 0.05) is 15.3 Å². The van der Waals surface area contributed by atoms with Crippen molar-refractivity contribution in [3.05, 3.63) is 0 Å². The average molecular weight is 301 g/mol. The van der Waals surface area contributed by atoms with Crippen molar-refractivity contribution in [1.82, 2.24) is 0 Å². The molecule has 0 aliphatic heterocycles. The summed E-state index contributed by atoms with van der Waals surface area (Å²) in [7, 11) is -0.409. The topological polar surface area (TPSA) is 0 Å².